The number of rotatable bonds is 4. The summed E-state index contributed by atoms with van der Waals surface area (Å²) in [4.78, 5) is 31.2. The smallest absolute Gasteiger partial charge is 0.338 e. The Hall–Kier alpha value is -2.90. The molecule has 1 aliphatic heterocycles. The van der Waals surface area contributed by atoms with E-state index < -0.39 is 12.0 Å². The molecule has 0 amide bonds. The van der Waals surface area contributed by atoms with Crippen molar-refractivity contribution in [1.82, 2.24) is 4.57 Å². The maximum atomic E-state index is 13.4. The van der Waals surface area contributed by atoms with Gasteiger partial charge in [-0.3, -0.25) is 9.36 Å². The monoisotopic (exact) mass is 442 g/mol. The molecule has 30 heavy (non-hydrogen) atoms. The molecular formula is C22H19ClN2O4S. The predicted molar refractivity (Wildman–Crippen MR) is 115 cm³/mol. The van der Waals surface area contributed by atoms with E-state index in [9.17, 15) is 9.59 Å². The third-order valence-electron chi connectivity index (χ3n) is 4.75. The molecule has 2 aromatic heterocycles. The molecule has 8 heteroatoms. The van der Waals surface area contributed by atoms with Gasteiger partial charge in [0, 0.05) is 11.1 Å². The molecule has 4 rings (SSSR count). The molecule has 0 radical (unpaired) electrons. The van der Waals surface area contributed by atoms with Crippen LogP contribution in [0.3, 0.4) is 0 Å². The summed E-state index contributed by atoms with van der Waals surface area (Å²) in [6, 6.07) is 10.1. The third-order valence-corrected chi connectivity index (χ3v) is 6.08. The molecule has 1 atom stereocenters. The molecule has 0 saturated carbocycles. The number of fused-ring (bicyclic) bond motifs is 1. The van der Waals surface area contributed by atoms with E-state index in [1.54, 1.807) is 44.2 Å². The summed E-state index contributed by atoms with van der Waals surface area (Å²) in [6.45, 7) is 5.53. The molecule has 0 bridgehead atoms. The van der Waals surface area contributed by atoms with Crippen LogP contribution in [0.2, 0.25) is 5.02 Å². The van der Waals surface area contributed by atoms with Crippen molar-refractivity contribution in [2.75, 3.05) is 6.61 Å². The molecule has 6 nitrogen and oxygen atoms in total. The van der Waals surface area contributed by atoms with E-state index in [1.165, 1.54) is 15.9 Å². The summed E-state index contributed by atoms with van der Waals surface area (Å²) in [6.07, 6.45) is 1.68. The van der Waals surface area contributed by atoms with E-state index in [0.717, 1.165) is 5.76 Å². The predicted octanol–water partition coefficient (Wildman–Crippen LogP) is 3.35. The molecule has 0 spiro atoms. The van der Waals surface area contributed by atoms with Crippen LogP contribution < -0.4 is 14.9 Å². The lowest BCUT2D eigenvalue weighted by Gasteiger charge is -2.25. The summed E-state index contributed by atoms with van der Waals surface area (Å²) in [5.74, 6) is 0.816. The van der Waals surface area contributed by atoms with Gasteiger partial charge in [0.1, 0.15) is 17.6 Å². The first-order valence-corrected chi connectivity index (χ1v) is 10.6. The van der Waals surface area contributed by atoms with Crippen molar-refractivity contribution in [2.45, 2.75) is 26.8 Å². The van der Waals surface area contributed by atoms with E-state index >= 15 is 0 Å². The van der Waals surface area contributed by atoms with E-state index in [4.69, 9.17) is 20.8 Å². The van der Waals surface area contributed by atoms with Gasteiger partial charge in [-0.25, -0.2) is 9.79 Å². The molecule has 0 unspecified atom stereocenters. The highest BCUT2D eigenvalue weighted by Gasteiger charge is 2.34. The number of hydrogen-bond acceptors (Lipinski definition) is 6. The molecule has 0 N–H and O–H groups in total. The second-order valence-corrected chi connectivity index (χ2v) is 8.19. The third kappa shape index (κ3) is 3.55. The quantitative estimate of drug-likeness (QED) is 0.581. The average Bonchev–Trinajstić information content (AvgIpc) is 3.24. The van der Waals surface area contributed by atoms with Crippen molar-refractivity contribution >= 4 is 35.0 Å². The number of furan rings is 1. The van der Waals surface area contributed by atoms with E-state index in [-0.39, 0.29) is 12.2 Å². The highest BCUT2D eigenvalue weighted by Crippen LogP contribution is 2.34. The normalized spacial score (nSPS) is 16.4. The van der Waals surface area contributed by atoms with Crippen LogP contribution >= 0.6 is 22.9 Å². The molecule has 1 aliphatic rings. The van der Waals surface area contributed by atoms with Gasteiger partial charge in [0.2, 0.25) is 0 Å². The molecule has 1 aromatic carbocycles. The van der Waals surface area contributed by atoms with Crippen molar-refractivity contribution in [1.29, 1.82) is 0 Å². The molecule has 0 saturated heterocycles. The van der Waals surface area contributed by atoms with E-state index in [0.29, 0.717) is 37.0 Å². The summed E-state index contributed by atoms with van der Waals surface area (Å²) in [5.41, 5.74) is 1.17. The zero-order chi connectivity index (χ0) is 21.4. The van der Waals surface area contributed by atoms with Gasteiger partial charge in [0.05, 0.1) is 22.4 Å². The SMILES string of the molecule is CCOC(=O)C1=C(C)N=c2s/c(=C/c3ccc(C)o3)c(=O)n2[C@H]1c1ccccc1Cl. The minimum atomic E-state index is -0.727. The Balaban J connectivity index is 1.99. The van der Waals surface area contributed by atoms with Crippen molar-refractivity contribution in [3.8, 4) is 0 Å². The van der Waals surface area contributed by atoms with Crippen LogP contribution in [0.4, 0.5) is 0 Å². The molecule has 0 aliphatic carbocycles. The van der Waals surface area contributed by atoms with Crippen LogP contribution in [-0.2, 0) is 9.53 Å². The van der Waals surface area contributed by atoms with Crippen LogP contribution in [0, 0.1) is 6.92 Å². The molecule has 3 aromatic rings. The lowest BCUT2D eigenvalue weighted by molar-refractivity contribution is -0.139. The second kappa shape index (κ2) is 8.08. The Labute approximate surface area is 181 Å². The number of benzene rings is 1. The summed E-state index contributed by atoms with van der Waals surface area (Å²) in [7, 11) is 0. The van der Waals surface area contributed by atoms with Crippen LogP contribution in [0.25, 0.3) is 6.08 Å². The highest BCUT2D eigenvalue weighted by atomic mass is 35.5. The number of aryl methyl sites for hydroxylation is 1. The number of carbonyl (C=O) groups excluding carboxylic acids is 1. The summed E-state index contributed by atoms with van der Waals surface area (Å²) >= 11 is 7.71. The van der Waals surface area contributed by atoms with Gasteiger partial charge >= 0.3 is 5.97 Å². The zero-order valence-electron chi connectivity index (χ0n) is 16.6. The fourth-order valence-corrected chi connectivity index (χ4v) is 4.71. The van der Waals surface area contributed by atoms with Gasteiger partial charge < -0.3 is 9.15 Å². The van der Waals surface area contributed by atoms with Gasteiger partial charge in [-0.1, -0.05) is 41.1 Å². The summed E-state index contributed by atoms with van der Waals surface area (Å²) in [5, 5.41) is 0.454. The Morgan fingerprint density at radius 1 is 1.30 bits per heavy atom. The number of aromatic nitrogens is 1. The van der Waals surface area contributed by atoms with Gasteiger partial charge in [-0.2, -0.15) is 0 Å². The van der Waals surface area contributed by atoms with Gasteiger partial charge in [-0.15, -0.1) is 0 Å². The maximum absolute atomic E-state index is 13.4. The van der Waals surface area contributed by atoms with Crippen LogP contribution in [-0.4, -0.2) is 17.1 Å². The van der Waals surface area contributed by atoms with Crippen molar-refractivity contribution in [3.63, 3.8) is 0 Å². The standard InChI is InChI=1S/C22H19ClN2O4S/c1-4-28-21(27)18-13(3)24-22-25(19(18)15-7-5-6-8-16(15)23)20(26)17(30-22)11-14-10-9-12(2)29-14/h5-11,19H,4H2,1-3H3/b17-11+/t19-/m0/s1. The number of carbonyl (C=O) groups is 1. The number of nitrogens with zero attached hydrogens (tertiary/aromatic N) is 2. The Morgan fingerprint density at radius 2 is 2.07 bits per heavy atom. The van der Waals surface area contributed by atoms with E-state index in [1.807, 2.05) is 19.1 Å². The van der Waals surface area contributed by atoms with Gasteiger partial charge in [0.15, 0.2) is 4.80 Å². The van der Waals surface area contributed by atoms with Crippen molar-refractivity contribution in [3.05, 3.63) is 89.5 Å². The lowest BCUT2D eigenvalue weighted by atomic mass is 9.96. The van der Waals surface area contributed by atoms with Crippen LogP contribution in [0.1, 0.15) is 37.0 Å². The minimum absolute atomic E-state index is 0.215. The number of ether oxygens (including phenoxy) is 1. The minimum Gasteiger partial charge on any atom is -0.463 e. The Morgan fingerprint density at radius 3 is 2.73 bits per heavy atom. The first kappa shape index (κ1) is 20.4. The molecule has 3 heterocycles. The number of halogens is 1. The largest absolute Gasteiger partial charge is 0.463 e. The number of allylic oxidation sites excluding steroid dienone is 1. The van der Waals surface area contributed by atoms with Crippen molar-refractivity contribution in [2.24, 2.45) is 4.99 Å². The first-order chi connectivity index (χ1) is 14.4. The zero-order valence-corrected chi connectivity index (χ0v) is 18.2. The Bertz CT molecular complexity index is 1350. The second-order valence-electron chi connectivity index (χ2n) is 6.77. The topological polar surface area (TPSA) is 73.8 Å². The summed E-state index contributed by atoms with van der Waals surface area (Å²) < 4.78 is 12.8. The lowest BCUT2D eigenvalue weighted by Crippen LogP contribution is -2.40. The van der Waals surface area contributed by atoms with Crippen LogP contribution in [0.5, 0.6) is 0 Å². The van der Waals surface area contributed by atoms with Crippen molar-refractivity contribution < 1.29 is 13.9 Å². The highest BCUT2D eigenvalue weighted by molar-refractivity contribution is 7.07. The molecule has 0 fully saturated rings. The fourth-order valence-electron chi connectivity index (χ4n) is 3.44. The van der Waals surface area contributed by atoms with Gasteiger partial charge in [-0.05, 0) is 44.5 Å². The number of hydrogen-bond donors (Lipinski definition) is 0. The first-order valence-electron chi connectivity index (χ1n) is 9.41. The number of thiazole rings is 1. The Kier molecular flexibility index (Phi) is 5.49. The van der Waals surface area contributed by atoms with E-state index in [2.05, 4.69) is 4.99 Å². The fraction of sp³-hybridized carbons (Fsp3) is 0.227. The molecular weight excluding hydrogens is 424 g/mol. The van der Waals surface area contributed by atoms with Gasteiger partial charge in [0.25, 0.3) is 5.56 Å². The maximum Gasteiger partial charge on any atom is 0.338 e. The number of esters is 1. The van der Waals surface area contributed by atoms with Crippen LogP contribution in [0.15, 0.2) is 61.9 Å². The average molecular weight is 443 g/mol. The molecule has 154 valence electrons.